The second kappa shape index (κ2) is 12.0. The molecule has 0 aromatic heterocycles. The third-order valence-electron chi connectivity index (χ3n) is 6.35. The molecule has 9 nitrogen and oxygen atoms in total. The summed E-state index contributed by atoms with van der Waals surface area (Å²) in [7, 11) is 3.05. The van der Waals surface area contributed by atoms with Crippen molar-refractivity contribution in [2.24, 2.45) is 10.2 Å². The standard InChI is InChI=1S/C32H26N4O5/c1-40-27-13-7-5-11-25(27)33-31(38)20-15-17-22(18-16-20)35-36-29-23-10-4-3-9-21(23)19-24(30(29)37)32(39)34-26-12-6-8-14-28(26)41-2/h3-19,37H,1-2H3,(H,33,38)(H,34,39). The van der Waals surface area contributed by atoms with Crippen molar-refractivity contribution in [3.05, 3.63) is 114 Å². The van der Waals surface area contributed by atoms with Gasteiger partial charge in [-0.3, -0.25) is 9.59 Å². The topological polar surface area (TPSA) is 122 Å². The molecule has 0 bridgehead atoms. The number of methoxy groups -OCH3 is 2. The number of azo groups is 1. The van der Waals surface area contributed by atoms with Crippen LogP contribution in [0.25, 0.3) is 10.8 Å². The number of fused-ring (bicyclic) bond motifs is 1. The van der Waals surface area contributed by atoms with Gasteiger partial charge in [0.1, 0.15) is 17.2 Å². The molecule has 0 aliphatic carbocycles. The summed E-state index contributed by atoms with van der Waals surface area (Å²) >= 11 is 0. The molecule has 5 rings (SSSR count). The summed E-state index contributed by atoms with van der Waals surface area (Å²) < 4.78 is 10.6. The van der Waals surface area contributed by atoms with E-state index in [0.717, 1.165) is 0 Å². The van der Waals surface area contributed by atoms with Gasteiger partial charge < -0.3 is 25.2 Å². The summed E-state index contributed by atoms with van der Waals surface area (Å²) in [5.41, 5.74) is 2.06. The number of phenolic OH excluding ortho intramolecular Hbond substituents is 1. The van der Waals surface area contributed by atoms with Gasteiger partial charge in [-0.2, -0.15) is 5.11 Å². The maximum atomic E-state index is 13.2. The van der Waals surface area contributed by atoms with Gasteiger partial charge in [-0.25, -0.2) is 0 Å². The minimum Gasteiger partial charge on any atom is -0.505 e. The normalized spacial score (nSPS) is 10.9. The first-order valence-corrected chi connectivity index (χ1v) is 12.6. The number of hydrogen-bond acceptors (Lipinski definition) is 7. The summed E-state index contributed by atoms with van der Waals surface area (Å²) in [5, 5.41) is 26.6. The number of nitrogens with one attached hydrogen (secondary N) is 2. The lowest BCUT2D eigenvalue weighted by Crippen LogP contribution is -2.13. The van der Waals surface area contributed by atoms with Gasteiger partial charge in [-0.15, -0.1) is 5.11 Å². The van der Waals surface area contributed by atoms with E-state index >= 15 is 0 Å². The number of carbonyl (C=O) groups is 2. The number of phenols is 1. The molecule has 3 N–H and O–H groups in total. The first kappa shape index (κ1) is 26.9. The van der Waals surface area contributed by atoms with Gasteiger partial charge >= 0.3 is 0 Å². The van der Waals surface area contributed by atoms with Crippen LogP contribution in [-0.2, 0) is 0 Å². The third kappa shape index (κ3) is 5.84. The number of carbonyl (C=O) groups excluding carboxylic acids is 2. The number of aromatic hydroxyl groups is 1. The number of hydrogen-bond donors (Lipinski definition) is 3. The van der Waals surface area contributed by atoms with E-state index < -0.39 is 5.91 Å². The van der Waals surface area contributed by atoms with Gasteiger partial charge in [0.15, 0.2) is 5.75 Å². The molecule has 0 heterocycles. The third-order valence-corrected chi connectivity index (χ3v) is 6.35. The van der Waals surface area contributed by atoms with Crippen molar-refractivity contribution in [2.75, 3.05) is 24.9 Å². The molecule has 0 saturated heterocycles. The lowest BCUT2D eigenvalue weighted by molar-refractivity contribution is 0.101. The monoisotopic (exact) mass is 546 g/mol. The van der Waals surface area contributed by atoms with Crippen LogP contribution in [0.4, 0.5) is 22.7 Å². The molecule has 0 aliphatic heterocycles. The second-order valence-corrected chi connectivity index (χ2v) is 8.90. The lowest BCUT2D eigenvalue weighted by atomic mass is 10.0. The lowest BCUT2D eigenvalue weighted by Gasteiger charge is -2.13. The molecule has 41 heavy (non-hydrogen) atoms. The van der Waals surface area contributed by atoms with Crippen molar-refractivity contribution >= 4 is 45.3 Å². The van der Waals surface area contributed by atoms with E-state index in [9.17, 15) is 14.7 Å². The predicted molar refractivity (Wildman–Crippen MR) is 158 cm³/mol. The molecule has 0 fully saturated rings. The highest BCUT2D eigenvalue weighted by Crippen LogP contribution is 2.40. The zero-order chi connectivity index (χ0) is 28.8. The largest absolute Gasteiger partial charge is 0.505 e. The highest BCUT2D eigenvalue weighted by atomic mass is 16.5. The Bertz CT molecular complexity index is 1770. The number of para-hydroxylation sites is 4. The van der Waals surface area contributed by atoms with Crippen LogP contribution >= 0.6 is 0 Å². The summed E-state index contributed by atoms with van der Waals surface area (Å²) in [4.78, 5) is 25.9. The Balaban J connectivity index is 1.41. The van der Waals surface area contributed by atoms with Crippen LogP contribution in [0.5, 0.6) is 17.2 Å². The van der Waals surface area contributed by atoms with Crippen LogP contribution in [0, 0.1) is 0 Å². The highest BCUT2D eigenvalue weighted by Gasteiger charge is 2.19. The number of anilines is 2. The van der Waals surface area contributed by atoms with Crippen LogP contribution in [-0.4, -0.2) is 31.1 Å². The molecule has 0 aliphatic rings. The van der Waals surface area contributed by atoms with Crippen LogP contribution < -0.4 is 20.1 Å². The summed E-state index contributed by atoms with van der Waals surface area (Å²) in [6.45, 7) is 0. The first-order valence-electron chi connectivity index (χ1n) is 12.6. The van der Waals surface area contributed by atoms with Crippen LogP contribution in [0.3, 0.4) is 0 Å². The van der Waals surface area contributed by atoms with E-state index in [2.05, 4.69) is 20.9 Å². The summed E-state index contributed by atoms with van der Waals surface area (Å²) in [5.74, 6) is -0.110. The van der Waals surface area contributed by atoms with Crippen molar-refractivity contribution in [1.82, 2.24) is 0 Å². The zero-order valence-electron chi connectivity index (χ0n) is 22.3. The van der Waals surface area contributed by atoms with Crippen LogP contribution in [0.15, 0.2) is 113 Å². The molecule has 0 spiro atoms. The van der Waals surface area contributed by atoms with Crippen molar-refractivity contribution in [3.8, 4) is 17.2 Å². The second-order valence-electron chi connectivity index (χ2n) is 8.90. The molecule has 0 atom stereocenters. The zero-order valence-corrected chi connectivity index (χ0v) is 22.3. The van der Waals surface area contributed by atoms with Gasteiger partial charge in [0.25, 0.3) is 11.8 Å². The van der Waals surface area contributed by atoms with Crippen molar-refractivity contribution in [1.29, 1.82) is 0 Å². The first-order chi connectivity index (χ1) is 20.0. The average Bonchev–Trinajstić information content (AvgIpc) is 3.01. The predicted octanol–water partition coefficient (Wildman–Crippen LogP) is 7.48. The maximum Gasteiger partial charge on any atom is 0.259 e. The molecule has 5 aromatic rings. The van der Waals surface area contributed by atoms with E-state index in [1.54, 1.807) is 78.9 Å². The Morgan fingerprint density at radius 1 is 0.683 bits per heavy atom. The quantitative estimate of drug-likeness (QED) is 0.174. The molecule has 9 heteroatoms. The minimum atomic E-state index is -0.528. The molecule has 5 aromatic carbocycles. The Morgan fingerprint density at radius 2 is 1.24 bits per heavy atom. The van der Waals surface area contributed by atoms with Crippen molar-refractivity contribution in [3.63, 3.8) is 0 Å². The smallest absolute Gasteiger partial charge is 0.259 e. The van der Waals surface area contributed by atoms with Gasteiger partial charge in [-0.1, -0.05) is 48.5 Å². The van der Waals surface area contributed by atoms with Gasteiger partial charge in [-0.05, 0) is 60.0 Å². The Morgan fingerprint density at radius 3 is 1.88 bits per heavy atom. The van der Waals surface area contributed by atoms with E-state index in [1.165, 1.54) is 14.2 Å². The van der Waals surface area contributed by atoms with E-state index in [0.29, 0.717) is 44.9 Å². The Labute approximate surface area is 236 Å². The molecule has 0 unspecified atom stereocenters. The Kier molecular flexibility index (Phi) is 7.87. The Hall–Kier alpha value is -5.70. The number of rotatable bonds is 8. The maximum absolute atomic E-state index is 13.2. The fraction of sp³-hybridized carbons (Fsp3) is 0.0625. The molecular weight excluding hydrogens is 520 g/mol. The number of ether oxygens (including phenoxy) is 2. The summed E-state index contributed by atoms with van der Waals surface area (Å²) in [6.07, 6.45) is 0. The van der Waals surface area contributed by atoms with Crippen LogP contribution in [0.1, 0.15) is 20.7 Å². The van der Waals surface area contributed by atoms with E-state index in [4.69, 9.17) is 9.47 Å². The van der Waals surface area contributed by atoms with Gasteiger partial charge in [0, 0.05) is 10.9 Å². The van der Waals surface area contributed by atoms with Crippen molar-refractivity contribution < 1.29 is 24.2 Å². The highest BCUT2D eigenvalue weighted by molar-refractivity contribution is 6.12. The molecular formula is C32H26N4O5. The number of amides is 2. The van der Waals surface area contributed by atoms with Crippen molar-refractivity contribution in [2.45, 2.75) is 0 Å². The molecule has 2 amide bonds. The number of benzene rings is 5. The van der Waals surface area contributed by atoms with E-state index in [1.807, 2.05) is 24.3 Å². The SMILES string of the molecule is COc1ccccc1NC(=O)c1ccc(N=Nc2c(O)c(C(=O)Nc3ccccc3OC)cc3ccccc23)cc1. The molecule has 0 radical (unpaired) electrons. The fourth-order valence-electron chi connectivity index (χ4n) is 4.26. The molecule has 204 valence electrons. The number of nitrogens with zero attached hydrogens (tertiary/aromatic N) is 2. The van der Waals surface area contributed by atoms with Gasteiger partial charge in [0.2, 0.25) is 0 Å². The summed E-state index contributed by atoms with van der Waals surface area (Å²) in [6, 6.07) is 29.5. The van der Waals surface area contributed by atoms with E-state index in [-0.39, 0.29) is 22.9 Å². The average molecular weight is 547 g/mol. The molecule has 0 saturated carbocycles. The minimum absolute atomic E-state index is 0.0342. The van der Waals surface area contributed by atoms with Gasteiger partial charge in [0.05, 0.1) is 36.8 Å². The fourth-order valence-corrected chi connectivity index (χ4v) is 4.26. The van der Waals surface area contributed by atoms with Crippen LogP contribution in [0.2, 0.25) is 0 Å².